The van der Waals surface area contributed by atoms with Crippen LogP contribution in [0.1, 0.15) is 99.9 Å². The first-order valence-corrected chi connectivity index (χ1v) is 20.9. The fourth-order valence-electron chi connectivity index (χ4n) is 9.27. The van der Waals surface area contributed by atoms with Gasteiger partial charge in [0.1, 0.15) is 0 Å². The van der Waals surface area contributed by atoms with Crippen molar-refractivity contribution in [1.82, 2.24) is 0 Å². The molecule has 0 radical (unpaired) electrons. The quantitative estimate of drug-likeness (QED) is 0.178. The summed E-state index contributed by atoms with van der Waals surface area (Å²) in [6.07, 6.45) is 6.04. The zero-order valence-electron chi connectivity index (χ0n) is 28.6. The summed E-state index contributed by atoms with van der Waals surface area (Å²) in [4.78, 5) is 0. The summed E-state index contributed by atoms with van der Waals surface area (Å²) in [5.41, 5.74) is 20.6. The molecule has 0 fully saturated rings. The molecule has 46 heavy (non-hydrogen) atoms. The van der Waals surface area contributed by atoms with Crippen LogP contribution in [0.5, 0.6) is 0 Å². The van der Waals surface area contributed by atoms with E-state index in [1.54, 1.807) is 6.56 Å². The Bertz CT molecular complexity index is 2120. The maximum atomic E-state index is 2.75. The molecule has 0 heterocycles. The van der Waals surface area contributed by atoms with Gasteiger partial charge < -0.3 is 0 Å². The van der Waals surface area contributed by atoms with E-state index in [1.165, 1.54) is 77.9 Å². The fourth-order valence-corrected chi connectivity index (χ4v) is 18.0. The maximum absolute atomic E-state index is 2.75. The standard InChI is InChI=1S/C25H25.C13H13.C7H6.Zr/c1-14-12-24(3,4)22-8-16-7-17-9-23-19(15(2)13-25(23,5)6)11-21(17)20(16)10-18(14)22;1-10-8-11(2)13(9-10)12-6-4-3-5-7-12;1-7-5-3-2-4-6-7;/h8-12H,7H2,1-6H3;3-7,9-10H,1-2H3;1-6H;. The van der Waals surface area contributed by atoms with Crippen LogP contribution in [0.2, 0.25) is 0 Å². The molecule has 4 aromatic rings. The Balaban J connectivity index is 1.30. The van der Waals surface area contributed by atoms with Crippen LogP contribution in [-0.4, -0.2) is 3.71 Å². The van der Waals surface area contributed by atoms with Gasteiger partial charge in [0.15, 0.2) is 0 Å². The molecule has 0 bridgehead atoms. The topological polar surface area (TPSA) is 0 Å². The molecule has 1 unspecified atom stereocenters. The molecule has 4 aliphatic carbocycles. The first-order chi connectivity index (χ1) is 22.0. The van der Waals surface area contributed by atoms with Crippen LogP contribution < -0.4 is 0 Å². The second-order valence-corrected chi connectivity index (χ2v) is 20.5. The average molecular weight is 676 g/mol. The molecule has 4 aliphatic rings. The van der Waals surface area contributed by atoms with E-state index in [0.717, 1.165) is 6.42 Å². The van der Waals surface area contributed by atoms with Crippen molar-refractivity contribution < 1.29 is 21.3 Å². The Hall–Kier alpha value is -3.41. The van der Waals surface area contributed by atoms with Crippen LogP contribution in [0.3, 0.4) is 0 Å². The summed E-state index contributed by atoms with van der Waals surface area (Å²) in [7, 11) is 0. The normalized spacial score (nSPS) is 20.4. The minimum absolute atomic E-state index is 0.00511. The number of hydrogen-bond donors (Lipinski definition) is 0. The first-order valence-electron chi connectivity index (χ1n) is 17.0. The Morgan fingerprint density at radius 2 is 1.30 bits per heavy atom. The fraction of sp³-hybridized carbons (Fsp3) is 0.267. The third kappa shape index (κ3) is 4.45. The Labute approximate surface area is 283 Å². The van der Waals surface area contributed by atoms with Gasteiger partial charge in [-0.05, 0) is 0 Å². The molecule has 4 aromatic carbocycles. The van der Waals surface area contributed by atoms with Crippen molar-refractivity contribution in [2.75, 3.05) is 0 Å². The summed E-state index contributed by atoms with van der Waals surface area (Å²) in [5.74, 6) is 0.448. The van der Waals surface area contributed by atoms with Crippen molar-refractivity contribution in [2.24, 2.45) is 5.92 Å². The third-order valence-electron chi connectivity index (χ3n) is 11.4. The van der Waals surface area contributed by atoms with Gasteiger partial charge in [0.05, 0.1) is 0 Å². The van der Waals surface area contributed by atoms with Crippen molar-refractivity contribution >= 4 is 20.4 Å². The van der Waals surface area contributed by atoms with Crippen LogP contribution in [-0.2, 0) is 38.5 Å². The minimum atomic E-state index is -2.58. The molecule has 0 saturated carbocycles. The Morgan fingerprint density at radius 1 is 0.696 bits per heavy atom. The van der Waals surface area contributed by atoms with E-state index in [4.69, 9.17) is 0 Å². The predicted octanol–water partition coefficient (Wildman–Crippen LogP) is 11.5. The van der Waals surface area contributed by atoms with Gasteiger partial charge in [-0.15, -0.1) is 0 Å². The van der Waals surface area contributed by atoms with E-state index in [-0.39, 0.29) is 10.8 Å². The van der Waals surface area contributed by atoms with E-state index in [2.05, 4.69) is 156 Å². The molecule has 0 saturated heterocycles. The van der Waals surface area contributed by atoms with Gasteiger partial charge in [0.25, 0.3) is 0 Å². The molecule has 1 heteroatoms. The van der Waals surface area contributed by atoms with Gasteiger partial charge in [-0.3, -0.25) is 0 Å². The molecular weight excluding hydrogens is 632 g/mol. The van der Waals surface area contributed by atoms with Gasteiger partial charge in [0.2, 0.25) is 0 Å². The van der Waals surface area contributed by atoms with Gasteiger partial charge in [-0.2, -0.15) is 0 Å². The van der Waals surface area contributed by atoms with E-state index >= 15 is 0 Å². The van der Waals surface area contributed by atoms with Gasteiger partial charge in [0, 0.05) is 0 Å². The number of rotatable bonds is 4. The van der Waals surface area contributed by atoms with Crippen LogP contribution in [0.4, 0.5) is 0 Å². The third-order valence-corrected chi connectivity index (χ3v) is 20.1. The summed E-state index contributed by atoms with van der Waals surface area (Å²) < 4.78 is 6.23. The van der Waals surface area contributed by atoms with Crippen molar-refractivity contribution in [3.8, 4) is 11.1 Å². The van der Waals surface area contributed by atoms with Crippen molar-refractivity contribution in [3.05, 3.63) is 154 Å². The molecule has 0 N–H and O–H groups in total. The number of hydrogen-bond acceptors (Lipinski definition) is 0. The van der Waals surface area contributed by atoms with E-state index in [1.807, 2.05) is 0 Å². The molecule has 1 atom stereocenters. The zero-order valence-corrected chi connectivity index (χ0v) is 31.1. The second-order valence-electron chi connectivity index (χ2n) is 15.2. The number of benzene rings is 4. The summed E-state index contributed by atoms with van der Waals surface area (Å²) in [6, 6.07) is 32.4. The Morgan fingerprint density at radius 3 is 1.98 bits per heavy atom. The molecule has 8 rings (SSSR count). The molecule has 228 valence electrons. The van der Waals surface area contributed by atoms with E-state index < -0.39 is 21.3 Å². The van der Waals surface area contributed by atoms with Crippen molar-refractivity contribution in [1.29, 1.82) is 0 Å². The predicted molar refractivity (Wildman–Crippen MR) is 195 cm³/mol. The summed E-state index contributed by atoms with van der Waals surface area (Å²) >= 11 is -2.58. The second kappa shape index (κ2) is 10.6. The van der Waals surface area contributed by atoms with Gasteiger partial charge in [-0.1, -0.05) is 0 Å². The summed E-state index contributed by atoms with van der Waals surface area (Å²) in [5, 5.41) is 0. The monoisotopic (exact) mass is 674 g/mol. The van der Waals surface area contributed by atoms with Crippen molar-refractivity contribution in [3.63, 3.8) is 0 Å². The molecule has 0 spiro atoms. The zero-order chi connectivity index (χ0) is 32.1. The Kier molecular flexibility index (Phi) is 6.87. The van der Waals surface area contributed by atoms with Crippen LogP contribution >= 0.6 is 0 Å². The molecule has 0 nitrogen and oxygen atoms in total. The number of allylic oxidation sites excluding steroid dienone is 8. The summed E-state index contributed by atoms with van der Waals surface area (Å²) in [6.45, 7) is 19.4. The van der Waals surface area contributed by atoms with Crippen LogP contribution in [0.15, 0.2) is 109 Å². The van der Waals surface area contributed by atoms with Crippen molar-refractivity contribution in [2.45, 2.75) is 72.6 Å². The van der Waals surface area contributed by atoms with Crippen LogP contribution in [0.25, 0.3) is 27.8 Å². The molecule has 0 amide bonds. The SMILES string of the molecule is CC1=CC(C)(C)c2cc3c(cc21)-c1cc2c(cc1C3)C(C)(C)[C]([Zr](=[CH]c1ccccc1)[C]1=C(C)C(c3ccccc3)=CC1C)=C2C. The average Bonchev–Trinajstić information content (AvgIpc) is 3.67. The first kappa shape index (κ1) is 30.0. The van der Waals surface area contributed by atoms with E-state index in [0.29, 0.717) is 5.92 Å². The number of fused-ring (bicyclic) bond motifs is 5. The van der Waals surface area contributed by atoms with Gasteiger partial charge in [-0.25, -0.2) is 0 Å². The molecule has 0 aromatic heterocycles. The van der Waals surface area contributed by atoms with Crippen LogP contribution in [0, 0.1) is 5.92 Å². The molecular formula is C45H44Zr. The van der Waals surface area contributed by atoms with Gasteiger partial charge >= 0.3 is 285 Å². The van der Waals surface area contributed by atoms with E-state index in [9.17, 15) is 0 Å². The molecule has 0 aliphatic heterocycles.